The van der Waals surface area contributed by atoms with Gasteiger partial charge in [0, 0.05) is 44.5 Å². The number of likely N-dealkylation sites (tertiary alicyclic amines) is 1. The molecule has 124 valence electrons. The van der Waals surface area contributed by atoms with Crippen molar-refractivity contribution in [2.24, 2.45) is 7.05 Å². The molecule has 2 aliphatic heterocycles. The van der Waals surface area contributed by atoms with E-state index in [0.717, 1.165) is 38.9 Å². The first-order valence-electron chi connectivity index (χ1n) is 7.65. The second-order valence-electron chi connectivity index (χ2n) is 6.58. The molecule has 0 bridgehead atoms. The molecule has 7 nitrogen and oxygen atoms in total. The van der Waals surface area contributed by atoms with E-state index in [1.54, 1.807) is 0 Å². The maximum absolute atomic E-state index is 11.3. The van der Waals surface area contributed by atoms with E-state index in [2.05, 4.69) is 14.7 Å². The van der Waals surface area contributed by atoms with Crippen molar-refractivity contribution < 1.29 is 13.2 Å². The average Bonchev–Trinajstić information content (AvgIpc) is 2.99. The first kappa shape index (κ1) is 15.9. The Balaban J connectivity index is 1.51. The Morgan fingerprint density at radius 3 is 2.77 bits per heavy atom. The molecule has 3 rings (SSSR count). The minimum absolute atomic E-state index is 0.0835. The summed E-state index contributed by atoms with van der Waals surface area (Å²) in [4.78, 5) is 2.41. The molecule has 1 N–H and O–H groups in total. The summed E-state index contributed by atoms with van der Waals surface area (Å²) in [7, 11) is -1.24. The van der Waals surface area contributed by atoms with Crippen LogP contribution in [0.5, 0.6) is 0 Å². The Labute approximate surface area is 131 Å². The molecule has 0 aliphatic carbocycles. The highest BCUT2D eigenvalue weighted by Gasteiger charge is 2.43. The second kappa shape index (κ2) is 5.92. The van der Waals surface area contributed by atoms with Crippen LogP contribution in [-0.4, -0.2) is 60.7 Å². The molecule has 1 spiro atoms. The molecule has 1 aromatic rings. The van der Waals surface area contributed by atoms with Gasteiger partial charge in [0.05, 0.1) is 24.7 Å². The smallest absolute Gasteiger partial charge is 0.209 e. The first-order chi connectivity index (χ1) is 10.3. The van der Waals surface area contributed by atoms with Gasteiger partial charge in [0.1, 0.15) is 0 Å². The fraction of sp³-hybridized carbons (Fsp3) is 0.786. The number of aromatic nitrogens is 2. The van der Waals surface area contributed by atoms with Gasteiger partial charge < -0.3 is 4.74 Å². The predicted molar refractivity (Wildman–Crippen MR) is 82.8 cm³/mol. The predicted octanol–water partition coefficient (Wildman–Crippen LogP) is 0.0928. The number of hydrogen-bond acceptors (Lipinski definition) is 5. The molecular weight excluding hydrogens is 304 g/mol. The summed E-state index contributed by atoms with van der Waals surface area (Å²) in [6.45, 7) is 3.34. The molecule has 0 amide bonds. The van der Waals surface area contributed by atoms with Crippen LogP contribution in [0.15, 0.2) is 12.4 Å². The molecule has 0 unspecified atom stereocenters. The SMILES string of the molecule is Cn1cc(CN2CCC3(CC2)C[C@H](NS(C)(=O)=O)CO3)cn1. The number of sulfonamides is 1. The van der Waals surface area contributed by atoms with Gasteiger partial charge >= 0.3 is 0 Å². The molecule has 1 atom stereocenters. The minimum atomic E-state index is -3.16. The Morgan fingerprint density at radius 1 is 1.45 bits per heavy atom. The molecule has 0 saturated carbocycles. The van der Waals surface area contributed by atoms with Crippen LogP contribution >= 0.6 is 0 Å². The third-order valence-electron chi connectivity index (χ3n) is 4.52. The van der Waals surface area contributed by atoms with Crippen molar-refractivity contribution in [1.82, 2.24) is 19.4 Å². The molecular formula is C14H24N4O3S. The zero-order chi connectivity index (χ0) is 15.8. The van der Waals surface area contributed by atoms with Crippen molar-refractivity contribution in [3.8, 4) is 0 Å². The van der Waals surface area contributed by atoms with E-state index < -0.39 is 10.0 Å². The van der Waals surface area contributed by atoms with Gasteiger partial charge in [-0.15, -0.1) is 0 Å². The van der Waals surface area contributed by atoms with E-state index in [1.165, 1.54) is 11.8 Å². The van der Waals surface area contributed by atoms with Crippen LogP contribution in [0.1, 0.15) is 24.8 Å². The number of rotatable bonds is 4. The molecule has 0 aromatic carbocycles. The summed E-state index contributed by atoms with van der Waals surface area (Å²) >= 11 is 0. The maximum atomic E-state index is 11.3. The summed E-state index contributed by atoms with van der Waals surface area (Å²) in [6.07, 6.45) is 7.84. The van der Waals surface area contributed by atoms with Crippen molar-refractivity contribution >= 4 is 10.0 Å². The lowest BCUT2D eigenvalue weighted by molar-refractivity contribution is -0.0448. The van der Waals surface area contributed by atoms with E-state index in [1.807, 2.05) is 24.1 Å². The number of nitrogens with zero attached hydrogens (tertiary/aromatic N) is 3. The van der Waals surface area contributed by atoms with Crippen molar-refractivity contribution in [1.29, 1.82) is 0 Å². The Morgan fingerprint density at radius 2 is 2.18 bits per heavy atom. The van der Waals surface area contributed by atoms with E-state index in [4.69, 9.17) is 4.74 Å². The molecule has 2 saturated heterocycles. The van der Waals surface area contributed by atoms with Gasteiger partial charge in [-0.2, -0.15) is 5.10 Å². The van der Waals surface area contributed by atoms with E-state index in [-0.39, 0.29) is 11.6 Å². The van der Waals surface area contributed by atoms with Gasteiger partial charge in [-0.1, -0.05) is 0 Å². The zero-order valence-electron chi connectivity index (χ0n) is 13.2. The van der Waals surface area contributed by atoms with E-state index in [9.17, 15) is 8.42 Å². The number of aryl methyl sites for hydroxylation is 1. The van der Waals surface area contributed by atoms with Crippen molar-refractivity contribution in [2.75, 3.05) is 26.0 Å². The highest BCUT2D eigenvalue weighted by atomic mass is 32.2. The van der Waals surface area contributed by atoms with Gasteiger partial charge in [-0.25, -0.2) is 13.1 Å². The molecule has 2 aliphatic rings. The third-order valence-corrected chi connectivity index (χ3v) is 5.28. The molecule has 3 heterocycles. The number of piperidine rings is 1. The van der Waals surface area contributed by atoms with E-state index >= 15 is 0 Å². The average molecular weight is 328 g/mol. The Bertz CT molecular complexity index is 620. The van der Waals surface area contributed by atoms with Gasteiger partial charge in [0.15, 0.2) is 0 Å². The van der Waals surface area contributed by atoms with Crippen LogP contribution in [0.4, 0.5) is 0 Å². The van der Waals surface area contributed by atoms with Crippen LogP contribution < -0.4 is 4.72 Å². The van der Waals surface area contributed by atoms with Crippen LogP contribution in [0, 0.1) is 0 Å². The Hall–Kier alpha value is -0.960. The number of ether oxygens (including phenoxy) is 1. The quantitative estimate of drug-likeness (QED) is 0.848. The van der Waals surface area contributed by atoms with Gasteiger partial charge in [0.25, 0.3) is 0 Å². The molecule has 0 radical (unpaired) electrons. The summed E-state index contributed by atoms with van der Waals surface area (Å²) in [6, 6.07) is -0.0835. The summed E-state index contributed by atoms with van der Waals surface area (Å²) in [5.41, 5.74) is 1.08. The largest absolute Gasteiger partial charge is 0.373 e. The number of nitrogens with one attached hydrogen (secondary N) is 1. The fourth-order valence-corrected chi connectivity index (χ4v) is 4.26. The third kappa shape index (κ3) is 3.87. The van der Waals surface area contributed by atoms with E-state index in [0.29, 0.717) is 6.61 Å². The standard InChI is InChI=1S/C14H24N4O3S/c1-17-9-12(8-15-17)10-18-5-3-14(4-6-18)7-13(11-21-14)16-22(2,19)20/h8-9,13,16H,3-7,10-11H2,1-2H3/t13-/m0/s1. The second-order valence-corrected chi connectivity index (χ2v) is 8.36. The highest BCUT2D eigenvalue weighted by Crippen LogP contribution is 2.36. The maximum Gasteiger partial charge on any atom is 0.209 e. The molecule has 22 heavy (non-hydrogen) atoms. The first-order valence-corrected chi connectivity index (χ1v) is 9.54. The van der Waals surface area contributed by atoms with Crippen LogP contribution in [0.25, 0.3) is 0 Å². The summed E-state index contributed by atoms with van der Waals surface area (Å²) < 4.78 is 33.1. The van der Waals surface area contributed by atoms with Crippen molar-refractivity contribution in [3.63, 3.8) is 0 Å². The van der Waals surface area contributed by atoms with Crippen molar-refractivity contribution in [3.05, 3.63) is 18.0 Å². The van der Waals surface area contributed by atoms with Gasteiger partial charge in [-0.05, 0) is 19.3 Å². The summed E-state index contributed by atoms with van der Waals surface area (Å²) in [5.74, 6) is 0. The normalized spacial score (nSPS) is 25.8. The van der Waals surface area contributed by atoms with Crippen LogP contribution in [0.2, 0.25) is 0 Å². The van der Waals surface area contributed by atoms with Crippen LogP contribution in [-0.2, 0) is 28.4 Å². The Kier molecular flexibility index (Phi) is 4.28. The van der Waals surface area contributed by atoms with Gasteiger partial charge in [-0.3, -0.25) is 9.58 Å². The fourth-order valence-electron chi connectivity index (χ4n) is 3.50. The molecule has 1 aromatic heterocycles. The lowest BCUT2D eigenvalue weighted by Crippen LogP contribution is -2.44. The molecule has 2 fully saturated rings. The highest BCUT2D eigenvalue weighted by molar-refractivity contribution is 7.88. The lowest BCUT2D eigenvalue weighted by Gasteiger charge is -2.38. The monoisotopic (exact) mass is 328 g/mol. The molecule has 8 heteroatoms. The minimum Gasteiger partial charge on any atom is -0.373 e. The summed E-state index contributed by atoms with van der Waals surface area (Å²) in [5, 5.41) is 4.20. The van der Waals surface area contributed by atoms with Gasteiger partial charge in [0.2, 0.25) is 10.0 Å². The lowest BCUT2D eigenvalue weighted by atomic mass is 9.87. The topological polar surface area (TPSA) is 76.5 Å². The van der Waals surface area contributed by atoms with Crippen molar-refractivity contribution in [2.45, 2.75) is 37.5 Å². The van der Waals surface area contributed by atoms with Crippen LogP contribution in [0.3, 0.4) is 0 Å². The number of hydrogen-bond donors (Lipinski definition) is 1. The zero-order valence-corrected chi connectivity index (χ0v) is 14.0.